The molecule has 0 saturated carbocycles. The van der Waals surface area contributed by atoms with Gasteiger partial charge in [0.15, 0.2) is 0 Å². The number of carbonyl (C=O) groups is 2. The fourth-order valence-electron chi connectivity index (χ4n) is 1.26. The van der Waals surface area contributed by atoms with E-state index in [0.29, 0.717) is 5.69 Å². The SMILES string of the molecule is COC(=O)Nc1ccc(/C=C/C(=O)O)cc1C. The monoisotopic (exact) mass is 235 g/mol. The molecule has 1 aromatic rings. The maximum atomic E-state index is 11.0. The number of hydrogen-bond donors (Lipinski definition) is 2. The first kappa shape index (κ1) is 12.8. The van der Waals surface area contributed by atoms with Gasteiger partial charge in [0, 0.05) is 11.8 Å². The molecule has 0 unspecified atom stereocenters. The Bertz CT molecular complexity index is 466. The van der Waals surface area contributed by atoms with Crippen LogP contribution in [0.1, 0.15) is 11.1 Å². The van der Waals surface area contributed by atoms with Crippen LogP contribution >= 0.6 is 0 Å². The number of anilines is 1. The number of methoxy groups -OCH3 is 1. The van der Waals surface area contributed by atoms with E-state index in [2.05, 4.69) is 10.1 Å². The van der Waals surface area contributed by atoms with Gasteiger partial charge in [-0.25, -0.2) is 9.59 Å². The Morgan fingerprint density at radius 3 is 2.65 bits per heavy atom. The average Bonchev–Trinajstić information content (AvgIpc) is 2.29. The molecule has 1 rings (SSSR count). The predicted molar refractivity (Wildman–Crippen MR) is 63.9 cm³/mol. The molecule has 2 N–H and O–H groups in total. The van der Waals surface area contributed by atoms with Crippen LogP contribution in [-0.2, 0) is 9.53 Å². The Kier molecular flexibility index (Phi) is 4.28. The van der Waals surface area contributed by atoms with Crippen molar-refractivity contribution < 1.29 is 19.4 Å². The van der Waals surface area contributed by atoms with Gasteiger partial charge in [0.05, 0.1) is 7.11 Å². The van der Waals surface area contributed by atoms with E-state index in [-0.39, 0.29) is 0 Å². The fourth-order valence-corrected chi connectivity index (χ4v) is 1.26. The van der Waals surface area contributed by atoms with Gasteiger partial charge in [-0.2, -0.15) is 0 Å². The Labute approximate surface area is 98.7 Å². The number of carboxylic acids is 1. The largest absolute Gasteiger partial charge is 0.478 e. The molecule has 5 nitrogen and oxygen atoms in total. The highest BCUT2D eigenvalue weighted by Gasteiger charge is 2.03. The molecule has 0 radical (unpaired) electrons. The minimum absolute atomic E-state index is 0.540. The number of rotatable bonds is 3. The fraction of sp³-hybridized carbons (Fsp3) is 0.167. The van der Waals surface area contributed by atoms with Gasteiger partial charge in [-0.05, 0) is 36.3 Å². The Morgan fingerprint density at radius 1 is 1.41 bits per heavy atom. The molecule has 0 atom stereocenters. The van der Waals surface area contributed by atoms with Crippen molar-refractivity contribution in [2.45, 2.75) is 6.92 Å². The molecule has 1 aromatic carbocycles. The second-order valence-electron chi connectivity index (χ2n) is 3.36. The van der Waals surface area contributed by atoms with Crippen molar-refractivity contribution in [2.75, 3.05) is 12.4 Å². The van der Waals surface area contributed by atoms with Gasteiger partial charge in [-0.15, -0.1) is 0 Å². The molecule has 0 heterocycles. The summed E-state index contributed by atoms with van der Waals surface area (Å²) in [6, 6.07) is 5.16. The van der Waals surface area contributed by atoms with Crippen LogP contribution < -0.4 is 5.32 Å². The Morgan fingerprint density at radius 2 is 2.12 bits per heavy atom. The van der Waals surface area contributed by atoms with Gasteiger partial charge < -0.3 is 9.84 Å². The van der Waals surface area contributed by atoms with Crippen LogP contribution in [0, 0.1) is 6.92 Å². The van der Waals surface area contributed by atoms with Crippen molar-refractivity contribution in [3.63, 3.8) is 0 Å². The van der Waals surface area contributed by atoms with E-state index in [0.717, 1.165) is 17.2 Å². The Hall–Kier alpha value is -2.30. The maximum absolute atomic E-state index is 11.0. The summed E-state index contributed by atoms with van der Waals surface area (Å²) in [6.07, 6.45) is 2.00. The third-order valence-corrected chi connectivity index (χ3v) is 2.09. The quantitative estimate of drug-likeness (QED) is 0.788. The minimum Gasteiger partial charge on any atom is -0.478 e. The van der Waals surface area contributed by atoms with Crippen LogP contribution in [-0.4, -0.2) is 24.3 Å². The van der Waals surface area contributed by atoms with E-state index >= 15 is 0 Å². The first-order valence-electron chi connectivity index (χ1n) is 4.89. The van der Waals surface area contributed by atoms with E-state index in [1.54, 1.807) is 18.2 Å². The molecule has 0 saturated heterocycles. The molecule has 0 aliphatic rings. The molecule has 0 aliphatic carbocycles. The van der Waals surface area contributed by atoms with Crippen LogP contribution in [0.2, 0.25) is 0 Å². The highest BCUT2D eigenvalue weighted by molar-refractivity contribution is 5.87. The molecule has 0 spiro atoms. The molecule has 0 fully saturated rings. The number of benzene rings is 1. The summed E-state index contributed by atoms with van der Waals surface area (Å²) < 4.78 is 4.48. The molecule has 0 aromatic heterocycles. The van der Waals surface area contributed by atoms with E-state index in [1.807, 2.05) is 6.92 Å². The number of nitrogens with one attached hydrogen (secondary N) is 1. The van der Waals surface area contributed by atoms with Gasteiger partial charge in [0.25, 0.3) is 0 Å². The van der Waals surface area contributed by atoms with Crippen LogP contribution in [0.5, 0.6) is 0 Å². The van der Waals surface area contributed by atoms with Crippen molar-refractivity contribution in [1.82, 2.24) is 0 Å². The molecule has 5 heteroatoms. The molecular formula is C12H13NO4. The smallest absolute Gasteiger partial charge is 0.411 e. The first-order valence-corrected chi connectivity index (χ1v) is 4.89. The lowest BCUT2D eigenvalue weighted by Crippen LogP contribution is -2.11. The van der Waals surface area contributed by atoms with Gasteiger partial charge in [0.2, 0.25) is 0 Å². The van der Waals surface area contributed by atoms with Gasteiger partial charge in [0.1, 0.15) is 0 Å². The number of ether oxygens (including phenoxy) is 1. The predicted octanol–water partition coefficient (Wildman–Crippen LogP) is 2.27. The number of carboxylic acid groups (broad SMARTS) is 1. The van der Waals surface area contributed by atoms with E-state index < -0.39 is 12.1 Å². The van der Waals surface area contributed by atoms with Gasteiger partial charge >= 0.3 is 12.1 Å². The van der Waals surface area contributed by atoms with Crippen molar-refractivity contribution in [2.24, 2.45) is 0 Å². The van der Waals surface area contributed by atoms with Crippen molar-refractivity contribution in [3.8, 4) is 0 Å². The number of amides is 1. The summed E-state index contributed by atoms with van der Waals surface area (Å²) >= 11 is 0. The molecule has 1 amide bonds. The zero-order valence-electron chi connectivity index (χ0n) is 9.56. The summed E-state index contributed by atoms with van der Waals surface area (Å²) in [5.74, 6) is -1.00. The summed E-state index contributed by atoms with van der Waals surface area (Å²) in [5, 5.41) is 11.0. The minimum atomic E-state index is -1.00. The number of hydrogen-bond acceptors (Lipinski definition) is 3. The van der Waals surface area contributed by atoms with E-state index in [4.69, 9.17) is 5.11 Å². The lowest BCUT2D eigenvalue weighted by atomic mass is 10.1. The average molecular weight is 235 g/mol. The first-order chi connectivity index (χ1) is 8.02. The number of aryl methyl sites for hydroxylation is 1. The zero-order chi connectivity index (χ0) is 12.8. The van der Waals surface area contributed by atoms with Crippen LogP contribution in [0.25, 0.3) is 6.08 Å². The van der Waals surface area contributed by atoms with Crippen molar-refractivity contribution in [1.29, 1.82) is 0 Å². The maximum Gasteiger partial charge on any atom is 0.411 e. The van der Waals surface area contributed by atoms with Crippen molar-refractivity contribution >= 4 is 23.8 Å². The second kappa shape index (κ2) is 5.69. The standard InChI is InChI=1S/C12H13NO4/c1-8-7-9(4-6-11(14)15)3-5-10(8)13-12(16)17-2/h3-7H,1-2H3,(H,13,16)(H,14,15)/b6-4+. The molecular weight excluding hydrogens is 222 g/mol. The van der Waals surface area contributed by atoms with Gasteiger partial charge in [-0.3, -0.25) is 5.32 Å². The normalized spacial score (nSPS) is 10.2. The lowest BCUT2D eigenvalue weighted by molar-refractivity contribution is -0.131. The molecule has 0 bridgehead atoms. The topological polar surface area (TPSA) is 75.6 Å². The molecule has 0 aliphatic heterocycles. The van der Waals surface area contributed by atoms with Crippen molar-refractivity contribution in [3.05, 3.63) is 35.4 Å². The molecule has 90 valence electrons. The third-order valence-electron chi connectivity index (χ3n) is 2.09. The summed E-state index contributed by atoms with van der Waals surface area (Å²) in [6.45, 7) is 1.81. The molecule has 17 heavy (non-hydrogen) atoms. The highest BCUT2D eigenvalue weighted by atomic mass is 16.5. The van der Waals surface area contributed by atoms with Crippen LogP contribution in [0.4, 0.5) is 10.5 Å². The Balaban J connectivity index is 2.86. The lowest BCUT2D eigenvalue weighted by Gasteiger charge is -2.07. The number of aliphatic carboxylic acids is 1. The van der Waals surface area contributed by atoms with Gasteiger partial charge in [-0.1, -0.05) is 6.07 Å². The number of carbonyl (C=O) groups excluding carboxylic acids is 1. The van der Waals surface area contributed by atoms with E-state index in [1.165, 1.54) is 13.2 Å². The van der Waals surface area contributed by atoms with Crippen LogP contribution in [0.15, 0.2) is 24.3 Å². The van der Waals surface area contributed by atoms with Crippen LogP contribution in [0.3, 0.4) is 0 Å². The van der Waals surface area contributed by atoms with E-state index in [9.17, 15) is 9.59 Å². The highest BCUT2D eigenvalue weighted by Crippen LogP contribution is 2.17. The summed E-state index contributed by atoms with van der Waals surface area (Å²) in [4.78, 5) is 21.4. The summed E-state index contributed by atoms with van der Waals surface area (Å²) in [7, 11) is 1.29. The third kappa shape index (κ3) is 3.98. The second-order valence-corrected chi connectivity index (χ2v) is 3.36. The summed E-state index contributed by atoms with van der Waals surface area (Å²) in [5.41, 5.74) is 2.20. The zero-order valence-corrected chi connectivity index (χ0v) is 9.56.